The largest absolute Gasteiger partial charge is 0.420 e. The van der Waals surface area contributed by atoms with Crippen molar-refractivity contribution in [3.05, 3.63) is 102 Å². The molecule has 2 aromatic heterocycles. The first kappa shape index (κ1) is 22.1. The number of fused-ring (bicyclic) bond motifs is 2. The zero-order valence-corrected chi connectivity index (χ0v) is 19.6. The van der Waals surface area contributed by atoms with Gasteiger partial charge in [-0.15, -0.1) is 5.10 Å². The number of nitrogens with one attached hydrogen (secondary N) is 1. The molecule has 6 rings (SSSR count). The fourth-order valence-electron chi connectivity index (χ4n) is 4.83. The van der Waals surface area contributed by atoms with Gasteiger partial charge in [0.1, 0.15) is 18.2 Å². The van der Waals surface area contributed by atoms with Gasteiger partial charge in [0.05, 0.1) is 22.9 Å². The van der Waals surface area contributed by atoms with Crippen molar-refractivity contribution >= 4 is 16.7 Å². The highest BCUT2D eigenvalue weighted by Gasteiger charge is 2.38. The molecular formula is C28H21N7O2. The molecule has 1 aliphatic rings. The second kappa shape index (κ2) is 8.70. The van der Waals surface area contributed by atoms with E-state index in [-0.39, 0.29) is 23.9 Å². The number of primary amides is 1. The molecule has 0 aliphatic carbocycles. The molecule has 0 radical (unpaired) electrons. The Hall–Kier alpha value is -5.36. The molecule has 0 unspecified atom stereocenters. The van der Waals surface area contributed by atoms with E-state index in [9.17, 15) is 10.1 Å². The van der Waals surface area contributed by atoms with E-state index in [2.05, 4.69) is 27.4 Å². The second-order valence-corrected chi connectivity index (χ2v) is 8.77. The van der Waals surface area contributed by atoms with E-state index in [1.165, 1.54) is 4.68 Å². The number of nitrogens with two attached hydrogens (primary N) is 2. The van der Waals surface area contributed by atoms with Gasteiger partial charge in [-0.2, -0.15) is 10.4 Å². The van der Waals surface area contributed by atoms with Crippen molar-refractivity contribution < 1.29 is 9.53 Å². The number of amides is 1. The summed E-state index contributed by atoms with van der Waals surface area (Å²) in [6.07, 6.45) is 1.73. The van der Waals surface area contributed by atoms with Crippen LogP contribution in [0, 0.1) is 11.3 Å². The van der Waals surface area contributed by atoms with Crippen molar-refractivity contribution in [2.75, 3.05) is 0 Å². The summed E-state index contributed by atoms with van der Waals surface area (Å²) in [5.41, 5.74) is 16.3. The molecular weight excluding hydrogens is 466 g/mol. The molecule has 0 bridgehead atoms. The lowest BCUT2D eigenvalue weighted by atomic mass is 9.82. The number of hydrogen-bond acceptors (Lipinski definition) is 6. The number of nitriles is 1. The lowest BCUT2D eigenvalue weighted by Crippen LogP contribution is -2.21. The van der Waals surface area contributed by atoms with Crippen molar-refractivity contribution in [2.45, 2.75) is 12.5 Å². The number of H-pyrrole nitrogens is 1. The number of nitrogens with zero attached hydrogens (tertiary/aromatic N) is 4. The summed E-state index contributed by atoms with van der Waals surface area (Å²) < 4.78 is 7.27. The van der Waals surface area contributed by atoms with E-state index in [1.54, 1.807) is 6.20 Å². The minimum Gasteiger partial charge on any atom is -0.420 e. The summed E-state index contributed by atoms with van der Waals surface area (Å²) in [5.74, 6) is -0.924. The van der Waals surface area contributed by atoms with Crippen molar-refractivity contribution in [2.24, 2.45) is 11.5 Å². The molecule has 180 valence electrons. The van der Waals surface area contributed by atoms with Crippen molar-refractivity contribution in [3.8, 4) is 34.5 Å². The van der Waals surface area contributed by atoms with E-state index < -0.39 is 11.8 Å². The van der Waals surface area contributed by atoms with Gasteiger partial charge in [-0.1, -0.05) is 66.7 Å². The highest BCUT2D eigenvalue weighted by Crippen LogP contribution is 2.48. The summed E-state index contributed by atoms with van der Waals surface area (Å²) >= 11 is 0. The molecule has 0 fully saturated rings. The molecule has 1 atom stereocenters. The van der Waals surface area contributed by atoms with Crippen LogP contribution in [-0.2, 0) is 11.3 Å². The molecule has 0 spiro atoms. The first-order valence-electron chi connectivity index (χ1n) is 11.6. The summed E-state index contributed by atoms with van der Waals surface area (Å²) in [6.45, 7) is -0.111. The number of hydrogen-bond donors (Lipinski definition) is 3. The fourth-order valence-corrected chi connectivity index (χ4v) is 4.83. The Bertz CT molecular complexity index is 1740. The number of allylic oxidation sites excluding steroid dienone is 1. The molecule has 0 saturated heterocycles. The van der Waals surface area contributed by atoms with Crippen LogP contribution in [0.1, 0.15) is 17.0 Å². The maximum absolute atomic E-state index is 11.7. The molecule has 37 heavy (non-hydrogen) atoms. The third-order valence-electron chi connectivity index (χ3n) is 6.44. The molecule has 5 N–H and O–H groups in total. The van der Waals surface area contributed by atoms with E-state index in [1.807, 2.05) is 66.7 Å². The van der Waals surface area contributed by atoms with Crippen molar-refractivity contribution in [1.82, 2.24) is 20.0 Å². The fraction of sp³-hybridized carbons (Fsp3) is 0.0714. The topological polar surface area (TPSA) is 149 Å². The second-order valence-electron chi connectivity index (χ2n) is 8.77. The van der Waals surface area contributed by atoms with Gasteiger partial charge in [-0.3, -0.25) is 14.6 Å². The SMILES string of the molecule is N#CC1=C(N)Oc2n[nH]c(-c3ccc4ccccc4c3)c2[C@H]1c1cn(CC(N)=O)nc1-c1ccccc1. The highest BCUT2D eigenvalue weighted by molar-refractivity contribution is 5.88. The lowest BCUT2D eigenvalue weighted by molar-refractivity contribution is -0.118. The number of carbonyl (C=O) groups is 1. The summed E-state index contributed by atoms with van der Waals surface area (Å²) in [7, 11) is 0. The average Bonchev–Trinajstić information content (AvgIpc) is 3.52. The van der Waals surface area contributed by atoms with Gasteiger partial charge >= 0.3 is 0 Å². The van der Waals surface area contributed by atoms with Gasteiger partial charge in [0.2, 0.25) is 17.7 Å². The summed E-state index contributed by atoms with van der Waals surface area (Å²) in [5, 5.41) is 24.5. The van der Waals surface area contributed by atoms with E-state index in [4.69, 9.17) is 16.2 Å². The van der Waals surface area contributed by atoms with Gasteiger partial charge in [-0.25, -0.2) is 0 Å². The van der Waals surface area contributed by atoms with Crippen molar-refractivity contribution in [1.29, 1.82) is 5.26 Å². The smallest absolute Gasteiger partial charge is 0.244 e. The maximum Gasteiger partial charge on any atom is 0.244 e. The van der Waals surface area contributed by atoms with Gasteiger partial charge in [0, 0.05) is 22.9 Å². The summed E-state index contributed by atoms with van der Waals surface area (Å²) in [4.78, 5) is 11.7. The van der Waals surface area contributed by atoms with E-state index in [0.717, 1.165) is 21.9 Å². The van der Waals surface area contributed by atoms with Crippen LogP contribution < -0.4 is 16.2 Å². The molecule has 3 heterocycles. The quantitative estimate of drug-likeness (QED) is 0.343. The molecule has 3 aromatic carbocycles. The average molecular weight is 488 g/mol. The number of carbonyl (C=O) groups excluding carboxylic acids is 1. The third-order valence-corrected chi connectivity index (χ3v) is 6.44. The number of aromatic amines is 1. The molecule has 1 amide bonds. The van der Waals surface area contributed by atoms with Crippen LogP contribution in [0.2, 0.25) is 0 Å². The Morgan fingerprint density at radius 3 is 2.57 bits per heavy atom. The Kier molecular flexibility index (Phi) is 5.20. The van der Waals surface area contributed by atoms with Crippen LogP contribution >= 0.6 is 0 Å². The van der Waals surface area contributed by atoms with Gasteiger partial charge in [-0.05, 0) is 16.8 Å². The zero-order chi connectivity index (χ0) is 25.5. The van der Waals surface area contributed by atoms with Crippen LogP contribution in [0.5, 0.6) is 5.88 Å². The molecule has 9 heteroatoms. The molecule has 0 saturated carbocycles. The Labute approximate surface area is 211 Å². The Morgan fingerprint density at radius 1 is 1.05 bits per heavy atom. The molecule has 9 nitrogen and oxygen atoms in total. The number of ether oxygens (including phenoxy) is 1. The highest BCUT2D eigenvalue weighted by atomic mass is 16.5. The minimum absolute atomic E-state index is 0.0294. The first-order chi connectivity index (χ1) is 18.0. The van der Waals surface area contributed by atoms with E-state index in [0.29, 0.717) is 22.5 Å². The maximum atomic E-state index is 11.7. The molecule has 1 aliphatic heterocycles. The summed E-state index contributed by atoms with van der Waals surface area (Å²) in [6, 6.07) is 25.9. The zero-order valence-electron chi connectivity index (χ0n) is 19.6. The van der Waals surface area contributed by atoms with Gasteiger partial charge in [0.25, 0.3) is 0 Å². The minimum atomic E-state index is -0.647. The molecule has 5 aromatic rings. The Morgan fingerprint density at radius 2 is 1.81 bits per heavy atom. The first-order valence-corrected chi connectivity index (χ1v) is 11.6. The van der Waals surface area contributed by atoms with Gasteiger partial charge in [0.15, 0.2) is 0 Å². The normalized spacial score (nSPS) is 14.7. The Balaban J connectivity index is 1.59. The van der Waals surface area contributed by atoms with E-state index >= 15 is 0 Å². The predicted octanol–water partition coefficient (Wildman–Crippen LogP) is 3.80. The standard InChI is InChI=1S/C28H21N7O2/c29-13-20-23(21-14-35(15-22(30)36)34-25(21)17-7-2-1-3-8-17)24-26(32-33-28(24)37-27(20)31)19-11-10-16-6-4-5-9-18(16)12-19/h1-12,14,23H,15,31H2,(H2,30,36)(H,32,33)/t23-/m1/s1. The monoisotopic (exact) mass is 487 g/mol. The number of rotatable bonds is 5. The van der Waals surface area contributed by atoms with Gasteiger partial charge < -0.3 is 16.2 Å². The van der Waals surface area contributed by atoms with Crippen LogP contribution in [-0.4, -0.2) is 25.9 Å². The number of aromatic nitrogens is 4. The van der Waals surface area contributed by atoms with Crippen LogP contribution in [0.3, 0.4) is 0 Å². The van der Waals surface area contributed by atoms with Crippen molar-refractivity contribution in [3.63, 3.8) is 0 Å². The van der Waals surface area contributed by atoms with Crippen LogP contribution in [0.25, 0.3) is 33.3 Å². The third kappa shape index (κ3) is 3.77. The van der Waals surface area contributed by atoms with Crippen LogP contribution in [0.4, 0.5) is 0 Å². The lowest BCUT2D eigenvalue weighted by Gasteiger charge is -2.24. The predicted molar refractivity (Wildman–Crippen MR) is 138 cm³/mol. The van der Waals surface area contributed by atoms with Crippen LogP contribution in [0.15, 0.2) is 90.4 Å². The number of benzene rings is 3.